The van der Waals surface area contributed by atoms with Crippen molar-refractivity contribution in [1.29, 1.82) is 0 Å². The molecule has 0 aliphatic carbocycles. The summed E-state index contributed by atoms with van der Waals surface area (Å²) in [5, 5.41) is 6.13. The van der Waals surface area contributed by atoms with Gasteiger partial charge in [0.05, 0.1) is 25.5 Å². The van der Waals surface area contributed by atoms with E-state index < -0.39 is 0 Å². The fourth-order valence-corrected chi connectivity index (χ4v) is 4.05. The van der Waals surface area contributed by atoms with E-state index >= 15 is 0 Å². The Morgan fingerprint density at radius 3 is 2.16 bits per heavy atom. The zero-order chi connectivity index (χ0) is 25.6. The van der Waals surface area contributed by atoms with Gasteiger partial charge in [0.25, 0.3) is 5.91 Å². The number of nitrogens with zero attached hydrogens (tertiary/aromatic N) is 2. The van der Waals surface area contributed by atoms with E-state index in [1.54, 1.807) is 14.2 Å². The van der Waals surface area contributed by atoms with E-state index in [1.165, 1.54) is 5.01 Å². The van der Waals surface area contributed by atoms with E-state index in [0.717, 1.165) is 22.4 Å². The van der Waals surface area contributed by atoms with Crippen molar-refractivity contribution >= 4 is 23.4 Å². The van der Waals surface area contributed by atoms with Gasteiger partial charge in [-0.1, -0.05) is 54.6 Å². The van der Waals surface area contributed by atoms with Gasteiger partial charge in [-0.25, -0.2) is 0 Å². The van der Waals surface area contributed by atoms with Gasteiger partial charge in [-0.15, -0.1) is 0 Å². The van der Waals surface area contributed by atoms with Crippen molar-refractivity contribution in [3.63, 3.8) is 0 Å². The van der Waals surface area contributed by atoms with Gasteiger partial charge in [-0.2, -0.15) is 10.1 Å². The molecule has 1 heterocycles. The molecule has 0 atom stereocenters. The summed E-state index contributed by atoms with van der Waals surface area (Å²) in [6.07, 6.45) is 1.83. The van der Waals surface area contributed by atoms with Gasteiger partial charge >= 0.3 is 0 Å². The van der Waals surface area contributed by atoms with E-state index in [-0.39, 0.29) is 5.91 Å². The molecule has 6 nitrogen and oxygen atoms in total. The van der Waals surface area contributed by atoms with Crippen LogP contribution in [0.5, 0.6) is 17.2 Å². The number of methoxy groups -OCH3 is 2. The summed E-state index contributed by atoms with van der Waals surface area (Å²) in [5.41, 5.74) is 4.43. The van der Waals surface area contributed by atoms with Crippen LogP contribution < -0.4 is 19.2 Å². The Labute approximate surface area is 216 Å². The average molecular weight is 491 g/mol. The highest BCUT2D eigenvalue weighted by atomic mass is 16.5. The predicted molar refractivity (Wildman–Crippen MR) is 145 cm³/mol. The van der Waals surface area contributed by atoms with Crippen LogP contribution in [0.1, 0.15) is 16.7 Å². The molecule has 0 aromatic heterocycles. The summed E-state index contributed by atoms with van der Waals surface area (Å²) in [5.74, 6) is 1.73. The first-order valence-corrected chi connectivity index (χ1v) is 11.9. The minimum Gasteiger partial charge on any atom is -0.497 e. The molecule has 184 valence electrons. The van der Waals surface area contributed by atoms with Crippen LogP contribution in [-0.2, 0) is 11.4 Å². The number of benzene rings is 4. The third-order valence-corrected chi connectivity index (χ3v) is 5.98. The van der Waals surface area contributed by atoms with Crippen molar-refractivity contribution in [3.8, 4) is 17.2 Å². The Morgan fingerprint density at radius 2 is 1.49 bits per heavy atom. The monoisotopic (exact) mass is 490 g/mol. The highest BCUT2D eigenvalue weighted by Gasteiger charge is 2.32. The van der Waals surface area contributed by atoms with Crippen molar-refractivity contribution in [3.05, 3.63) is 125 Å². The van der Waals surface area contributed by atoms with Crippen LogP contribution >= 0.6 is 0 Å². The van der Waals surface area contributed by atoms with E-state index in [1.807, 2.05) is 109 Å². The number of ether oxygens (including phenoxy) is 3. The number of para-hydroxylation sites is 1. The summed E-state index contributed by atoms with van der Waals surface area (Å²) >= 11 is 0. The molecule has 1 aliphatic rings. The Morgan fingerprint density at radius 1 is 0.784 bits per heavy atom. The smallest absolute Gasteiger partial charge is 0.281 e. The summed E-state index contributed by atoms with van der Waals surface area (Å²) < 4.78 is 16.9. The number of carbonyl (C=O) groups is 1. The van der Waals surface area contributed by atoms with Crippen molar-refractivity contribution in [2.45, 2.75) is 6.61 Å². The van der Waals surface area contributed by atoms with Gasteiger partial charge in [0.15, 0.2) is 11.5 Å². The number of hydrazone groups is 1. The van der Waals surface area contributed by atoms with Gasteiger partial charge in [0, 0.05) is 5.56 Å². The Bertz CT molecular complexity index is 1450. The van der Waals surface area contributed by atoms with Crippen LogP contribution in [0.3, 0.4) is 0 Å². The minimum absolute atomic E-state index is 0.208. The first-order valence-electron chi connectivity index (χ1n) is 11.9. The molecule has 1 aliphatic heterocycles. The molecule has 0 saturated carbocycles. The zero-order valence-electron chi connectivity index (χ0n) is 20.6. The lowest BCUT2D eigenvalue weighted by Crippen LogP contribution is -2.21. The van der Waals surface area contributed by atoms with Crippen LogP contribution in [0.15, 0.2) is 114 Å². The molecule has 5 rings (SSSR count). The van der Waals surface area contributed by atoms with Crippen LogP contribution in [-0.4, -0.2) is 25.8 Å². The molecular weight excluding hydrogens is 464 g/mol. The Hall–Kier alpha value is -4.84. The molecule has 0 unspecified atom stereocenters. The predicted octanol–water partition coefficient (Wildman–Crippen LogP) is 6.12. The number of carbonyl (C=O) groups excluding carboxylic acids is 1. The van der Waals surface area contributed by atoms with E-state index in [4.69, 9.17) is 19.3 Å². The topological polar surface area (TPSA) is 60.4 Å². The molecule has 0 bridgehead atoms. The normalized spacial score (nSPS) is 14.0. The number of hydrogen-bond donors (Lipinski definition) is 0. The Balaban J connectivity index is 1.48. The Kier molecular flexibility index (Phi) is 6.99. The number of anilines is 1. The van der Waals surface area contributed by atoms with Gasteiger partial charge < -0.3 is 14.2 Å². The molecule has 6 heteroatoms. The maximum Gasteiger partial charge on any atom is 0.281 e. The highest BCUT2D eigenvalue weighted by Crippen LogP contribution is 2.32. The molecule has 0 spiro atoms. The van der Waals surface area contributed by atoms with Crippen LogP contribution in [0.4, 0.5) is 5.69 Å². The molecule has 0 saturated heterocycles. The quantitative estimate of drug-likeness (QED) is 0.279. The molecule has 0 fully saturated rings. The standard InChI is InChI=1S/C31H26N2O4/c1-35-26-16-14-24(15-17-26)30-27(31(34)33(32-30)25-11-7-4-8-12-25)19-23-13-18-28(29(20-23)36-2)37-21-22-9-5-3-6-10-22/h3-20H,21H2,1-2H3. The second-order valence-corrected chi connectivity index (χ2v) is 8.37. The first kappa shape index (κ1) is 23.9. The van der Waals surface area contributed by atoms with E-state index in [0.29, 0.717) is 35.1 Å². The lowest BCUT2D eigenvalue weighted by atomic mass is 10.00. The van der Waals surface area contributed by atoms with Gasteiger partial charge in [-0.3, -0.25) is 4.79 Å². The molecule has 37 heavy (non-hydrogen) atoms. The largest absolute Gasteiger partial charge is 0.497 e. The molecule has 4 aromatic rings. The lowest BCUT2D eigenvalue weighted by molar-refractivity contribution is -0.114. The summed E-state index contributed by atoms with van der Waals surface area (Å²) in [7, 11) is 3.22. The van der Waals surface area contributed by atoms with Gasteiger partial charge in [-0.05, 0) is 65.7 Å². The maximum atomic E-state index is 13.6. The van der Waals surface area contributed by atoms with Crippen LogP contribution in [0.2, 0.25) is 0 Å². The average Bonchev–Trinajstić information content (AvgIpc) is 3.28. The summed E-state index contributed by atoms with van der Waals surface area (Å²) in [6.45, 7) is 0.427. The molecule has 0 radical (unpaired) electrons. The molecule has 0 N–H and O–H groups in total. The first-order chi connectivity index (χ1) is 18.2. The zero-order valence-corrected chi connectivity index (χ0v) is 20.6. The second-order valence-electron chi connectivity index (χ2n) is 8.37. The molecule has 1 amide bonds. The number of hydrogen-bond acceptors (Lipinski definition) is 5. The van der Waals surface area contributed by atoms with Crippen LogP contribution in [0.25, 0.3) is 6.08 Å². The third kappa shape index (κ3) is 5.23. The van der Waals surface area contributed by atoms with E-state index in [9.17, 15) is 4.79 Å². The molecular formula is C31H26N2O4. The number of rotatable bonds is 8. The van der Waals surface area contributed by atoms with Crippen molar-refractivity contribution in [2.24, 2.45) is 5.10 Å². The fourth-order valence-electron chi connectivity index (χ4n) is 4.05. The lowest BCUT2D eigenvalue weighted by Gasteiger charge is -2.12. The van der Waals surface area contributed by atoms with Gasteiger partial charge in [0.2, 0.25) is 0 Å². The summed E-state index contributed by atoms with van der Waals surface area (Å²) in [4.78, 5) is 13.6. The van der Waals surface area contributed by atoms with E-state index in [2.05, 4.69) is 0 Å². The molecule has 4 aromatic carbocycles. The third-order valence-electron chi connectivity index (χ3n) is 5.98. The number of amides is 1. The maximum absolute atomic E-state index is 13.6. The fraction of sp³-hybridized carbons (Fsp3) is 0.0968. The highest BCUT2D eigenvalue weighted by molar-refractivity contribution is 6.37. The van der Waals surface area contributed by atoms with Crippen LogP contribution in [0, 0.1) is 0 Å². The second kappa shape index (κ2) is 10.8. The van der Waals surface area contributed by atoms with Crippen molar-refractivity contribution in [1.82, 2.24) is 0 Å². The van der Waals surface area contributed by atoms with Crippen molar-refractivity contribution in [2.75, 3.05) is 19.2 Å². The minimum atomic E-state index is -0.208. The SMILES string of the molecule is COc1ccc(C2=NN(c3ccccc3)C(=O)C2=Cc2ccc(OCc3ccccc3)c(OC)c2)cc1. The van der Waals surface area contributed by atoms with Gasteiger partial charge in [0.1, 0.15) is 18.1 Å². The summed E-state index contributed by atoms with van der Waals surface area (Å²) in [6, 6.07) is 32.4. The van der Waals surface area contributed by atoms with Crippen molar-refractivity contribution < 1.29 is 19.0 Å².